The third-order valence-corrected chi connectivity index (χ3v) is 3.45. The molecule has 2 heterocycles. The van der Waals surface area contributed by atoms with E-state index in [4.69, 9.17) is 5.73 Å². The quantitative estimate of drug-likeness (QED) is 0.876. The van der Waals surface area contributed by atoms with Crippen molar-refractivity contribution in [2.75, 3.05) is 11.4 Å². The predicted molar refractivity (Wildman–Crippen MR) is 74.0 cm³/mol. The molecule has 0 fully saturated rings. The smallest absolute Gasteiger partial charge is 0.137 e. The number of anilines is 2. The number of pyridine rings is 1. The largest absolute Gasteiger partial charge is 0.326 e. The summed E-state index contributed by atoms with van der Waals surface area (Å²) in [6.07, 6.45) is 2.91. The molecule has 3 rings (SSSR count). The average molecular weight is 239 g/mol. The Bertz CT molecular complexity index is 563. The lowest BCUT2D eigenvalue weighted by molar-refractivity contribution is 0.802. The zero-order chi connectivity index (χ0) is 12.5. The fourth-order valence-corrected chi connectivity index (χ4v) is 2.55. The number of aromatic nitrogens is 1. The molecule has 0 radical (unpaired) electrons. The molecule has 0 saturated heterocycles. The topological polar surface area (TPSA) is 42.1 Å². The number of nitrogens with zero attached hydrogens (tertiary/aromatic N) is 2. The Morgan fingerprint density at radius 3 is 2.89 bits per heavy atom. The van der Waals surface area contributed by atoms with Gasteiger partial charge in [0, 0.05) is 30.0 Å². The lowest BCUT2D eigenvalue weighted by atomic mass is 10.1. The molecule has 0 saturated carbocycles. The summed E-state index contributed by atoms with van der Waals surface area (Å²) in [6, 6.07) is 12.5. The van der Waals surface area contributed by atoms with E-state index in [1.54, 1.807) is 0 Å². The van der Waals surface area contributed by atoms with Crippen LogP contribution in [0.15, 0.2) is 42.6 Å². The monoisotopic (exact) mass is 239 g/mol. The lowest BCUT2D eigenvalue weighted by Crippen LogP contribution is -2.19. The molecule has 3 nitrogen and oxygen atoms in total. The summed E-state index contributed by atoms with van der Waals surface area (Å²) < 4.78 is 0. The van der Waals surface area contributed by atoms with Crippen LogP contribution >= 0.6 is 0 Å². The maximum Gasteiger partial charge on any atom is 0.137 e. The molecule has 1 aromatic heterocycles. The predicted octanol–water partition coefficient (Wildman–Crippen LogP) is 2.80. The minimum absolute atomic E-state index is 0.00135. The number of fused-ring (bicyclic) bond motifs is 1. The number of hydrogen-bond donors (Lipinski definition) is 1. The molecule has 92 valence electrons. The first-order valence-electron chi connectivity index (χ1n) is 6.33. The molecule has 0 spiro atoms. The molecule has 1 aliphatic rings. The van der Waals surface area contributed by atoms with Crippen LogP contribution in [-0.4, -0.2) is 11.5 Å². The van der Waals surface area contributed by atoms with Gasteiger partial charge in [0.1, 0.15) is 5.82 Å². The molecule has 2 N–H and O–H groups in total. The van der Waals surface area contributed by atoms with Crippen LogP contribution in [0.1, 0.15) is 24.1 Å². The van der Waals surface area contributed by atoms with Gasteiger partial charge in [-0.2, -0.15) is 0 Å². The number of nitrogens with two attached hydrogens (primary N) is 1. The molecule has 0 amide bonds. The van der Waals surface area contributed by atoms with Gasteiger partial charge >= 0.3 is 0 Å². The Labute approximate surface area is 107 Å². The molecule has 18 heavy (non-hydrogen) atoms. The van der Waals surface area contributed by atoms with Crippen molar-refractivity contribution in [3.63, 3.8) is 0 Å². The molecule has 1 aliphatic heterocycles. The third kappa shape index (κ3) is 1.77. The summed E-state index contributed by atoms with van der Waals surface area (Å²) in [4.78, 5) is 6.80. The Balaban J connectivity index is 2.08. The fraction of sp³-hybridized carbons (Fsp3) is 0.267. The number of hydrogen-bond acceptors (Lipinski definition) is 3. The molecule has 2 aromatic rings. The first-order chi connectivity index (χ1) is 8.77. The summed E-state index contributed by atoms with van der Waals surface area (Å²) in [5.74, 6) is 0.998. The molecule has 0 bridgehead atoms. The summed E-state index contributed by atoms with van der Waals surface area (Å²) in [6.45, 7) is 2.98. The van der Waals surface area contributed by atoms with Crippen LogP contribution in [0.25, 0.3) is 0 Å². The SMILES string of the molecule is CC(N)c1cccnc1N1CCc2ccccc21. The van der Waals surface area contributed by atoms with E-state index >= 15 is 0 Å². The second-order valence-corrected chi connectivity index (χ2v) is 4.74. The maximum atomic E-state index is 6.04. The Hall–Kier alpha value is -1.87. The highest BCUT2D eigenvalue weighted by Gasteiger charge is 2.23. The Morgan fingerprint density at radius 1 is 1.22 bits per heavy atom. The van der Waals surface area contributed by atoms with Gasteiger partial charge in [-0.1, -0.05) is 24.3 Å². The molecular formula is C15H17N3. The minimum Gasteiger partial charge on any atom is -0.326 e. The highest BCUT2D eigenvalue weighted by atomic mass is 15.2. The van der Waals surface area contributed by atoms with Gasteiger partial charge in [-0.3, -0.25) is 0 Å². The van der Waals surface area contributed by atoms with Crippen molar-refractivity contribution in [1.82, 2.24) is 4.98 Å². The average Bonchev–Trinajstić information content (AvgIpc) is 2.82. The summed E-state index contributed by atoms with van der Waals surface area (Å²) >= 11 is 0. The molecule has 1 aromatic carbocycles. The highest BCUT2D eigenvalue weighted by Crippen LogP contribution is 2.35. The zero-order valence-electron chi connectivity index (χ0n) is 10.5. The number of para-hydroxylation sites is 1. The van der Waals surface area contributed by atoms with Gasteiger partial charge in [0.25, 0.3) is 0 Å². The lowest BCUT2D eigenvalue weighted by Gasteiger charge is -2.22. The van der Waals surface area contributed by atoms with Crippen LogP contribution in [-0.2, 0) is 6.42 Å². The van der Waals surface area contributed by atoms with Crippen LogP contribution < -0.4 is 10.6 Å². The van der Waals surface area contributed by atoms with E-state index < -0.39 is 0 Å². The van der Waals surface area contributed by atoms with Crippen LogP contribution in [0.2, 0.25) is 0 Å². The van der Waals surface area contributed by atoms with E-state index in [1.807, 2.05) is 19.2 Å². The van der Waals surface area contributed by atoms with Crippen molar-refractivity contribution >= 4 is 11.5 Å². The first-order valence-corrected chi connectivity index (χ1v) is 6.33. The van der Waals surface area contributed by atoms with Gasteiger partial charge in [0.15, 0.2) is 0 Å². The van der Waals surface area contributed by atoms with E-state index in [1.165, 1.54) is 11.3 Å². The van der Waals surface area contributed by atoms with Gasteiger partial charge in [-0.05, 0) is 31.0 Å². The van der Waals surface area contributed by atoms with Crippen LogP contribution in [0.5, 0.6) is 0 Å². The highest BCUT2D eigenvalue weighted by molar-refractivity contribution is 5.69. The van der Waals surface area contributed by atoms with Gasteiger partial charge in [0.05, 0.1) is 0 Å². The van der Waals surface area contributed by atoms with Crippen molar-refractivity contribution < 1.29 is 0 Å². The number of rotatable bonds is 2. The summed E-state index contributed by atoms with van der Waals surface area (Å²) in [5.41, 5.74) is 9.79. The molecule has 1 atom stereocenters. The van der Waals surface area contributed by atoms with Crippen molar-refractivity contribution in [1.29, 1.82) is 0 Å². The van der Waals surface area contributed by atoms with Crippen molar-refractivity contribution in [3.05, 3.63) is 53.7 Å². The standard InChI is InChI=1S/C15H17N3/c1-11(16)13-6-4-9-17-15(13)18-10-8-12-5-2-3-7-14(12)18/h2-7,9,11H,8,10,16H2,1H3. The third-order valence-electron chi connectivity index (χ3n) is 3.45. The zero-order valence-corrected chi connectivity index (χ0v) is 10.5. The van der Waals surface area contributed by atoms with Crippen LogP contribution in [0.3, 0.4) is 0 Å². The van der Waals surface area contributed by atoms with Gasteiger partial charge in [-0.15, -0.1) is 0 Å². The van der Waals surface area contributed by atoms with Crippen molar-refractivity contribution in [2.24, 2.45) is 5.73 Å². The van der Waals surface area contributed by atoms with E-state index in [0.717, 1.165) is 24.3 Å². The van der Waals surface area contributed by atoms with Crippen molar-refractivity contribution in [2.45, 2.75) is 19.4 Å². The fourth-order valence-electron chi connectivity index (χ4n) is 2.55. The van der Waals surface area contributed by atoms with E-state index in [0.29, 0.717) is 0 Å². The van der Waals surface area contributed by atoms with Crippen LogP contribution in [0, 0.1) is 0 Å². The second-order valence-electron chi connectivity index (χ2n) is 4.74. The van der Waals surface area contributed by atoms with Crippen LogP contribution in [0.4, 0.5) is 11.5 Å². The molecular weight excluding hydrogens is 222 g/mol. The van der Waals surface area contributed by atoms with Crippen molar-refractivity contribution in [3.8, 4) is 0 Å². The van der Waals surface area contributed by atoms with Gasteiger partial charge in [-0.25, -0.2) is 4.98 Å². The molecule has 1 unspecified atom stereocenters. The molecule has 0 aliphatic carbocycles. The normalized spacial score (nSPS) is 15.6. The summed E-state index contributed by atoms with van der Waals surface area (Å²) in [5, 5.41) is 0. The Morgan fingerprint density at radius 2 is 2.06 bits per heavy atom. The minimum atomic E-state index is 0.00135. The van der Waals surface area contributed by atoms with E-state index in [-0.39, 0.29) is 6.04 Å². The van der Waals surface area contributed by atoms with Gasteiger partial charge < -0.3 is 10.6 Å². The second kappa shape index (κ2) is 4.42. The summed E-state index contributed by atoms with van der Waals surface area (Å²) in [7, 11) is 0. The first kappa shape index (κ1) is 11.2. The maximum absolute atomic E-state index is 6.04. The Kier molecular flexibility index (Phi) is 2.76. The van der Waals surface area contributed by atoms with E-state index in [2.05, 4.69) is 40.2 Å². The van der Waals surface area contributed by atoms with Gasteiger partial charge in [0.2, 0.25) is 0 Å². The molecule has 3 heteroatoms. The van der Waals surface area contributed by atoms with E-state index in [9.17, 15) is 0 Å². The number of benzene rings is 1.